The van der Waals surface area contributed by atoms with Gasteiger partial charge in [0.1, 0.15) is 5.71 Å². The molecule has 0 bridgehead atoms. The number of benzene rings is 3. The minimum atomic E-state index is -0.857. The molecule has 3 aromatic rings. The Morgan fingerprint density at radius 1 is 1.00 bits per heavy atom. The van der Waals surface area contributed by atoms with Crippen LogP contribution in [0.3, 0.4) is 0 Å². The lowest BCUT2D eigenvalue weighted by atomic mass is 10.0. The van der Waals surface area contributed by atoms with E-state index in [9.17, 15) is 14.7 Å². The number of aliphatic hydroxyl groups is 1. The van der Waals surface area contributed by atoms with E-state index in [1.54, 1.807) is 12.1 Å². The third kappa shape index (κ3) is 7.03. The van der Waals surface area contributed by atoms with Crippen LogP contribution in [-0.4, -0.2) is 55.4 Å². The van der Waals surface area contributed by atoms with Gasteiger partial charge in [-0.05, 0) is 41.8 Å². The number of carbonyl (C=O) groups excluding carboxylic acids is 2. The summed E-state index contributed by atoms with van der Waals surface area (Å²) in [7, 11) is 3.99. The van der Waals surface area contributed by atoms with Crippen LogP contribution in [0.25, 0.3) is 0 Å². The van der Waals surface area contributed by atoms with Crippen molar-refractivity contribution in [2.75, 3.05) is 30.5 Å². The van der Waals surface area contributed by atoms with Crippen LogP contribution in [0, 0.1) is 0 Å². The van der Waals surface area contributed by atoms with Crippen LogP contribution in [0.2, 0.25) is 0 Å². The maximum atomic E-state index is 13.1. The van der Waals surface area contributed by atoms with E-state index in [-0.39, 0.29) is 24.6 Å². The summed E-state index contributed by atoms with van der Waals surface area (Å²) in [5.74, 6) is -0.719. The molecular weight excluding hydrogens is 466 g/mol. The van der Waals surface area contributed by atoms with Crippen molar-refractivity contribution in [1.82, 2.24) is 10.6 Å². The maximum Gasteiger partial charge on any atom is 0.268 e. The van der Waals surface area contributed by atoms with Crippen LogP contribution in [-0.2, 0) is 22.6 Å². The van der Waals surface area contributed by atoms with Crippen molar-refractivity contribution in [1.29, 1.82) is 0 Å². The molecule has 0 unspecified atom stereocenters. The smallest absolute Gasteiger partial charge is 0.268 e. The molecule has 37 heavy (non-hydrogen) atoms. The molecule has 3 N–H and O–H groups in total. The average Bonchev–Trinajstić information content (AvgIpc) is 3.31. The van der Waals surface area contributed by atoms with Crippen LogP contribution in [0.5, 0.6) is 0 Å². The van der Waals surface area contributed by atoms with Gasteiger partial charge in [-0.3, -0.25) is 9.59 Å². The molecular formula is C29H33N5O3. The lowest BCUT2D eigenvalue weighted by molar-refractivity contribution is -0.118. The van der Waals surface area contributed by atoms with Crippen molar-refractivity contribution in [3.63, 3.8) is 0 Å². The van der Waals surface area contributed by atoms with Gasteiger partial charge < -0.3 is 20.6 Å². The molecule has 2 amide bonds. The summed E-state index contributed by atoms with van der Waals surface area (Å²) in [6.45, 7) is 0.865. The van der Waals surface area contributed by atoms with Crippen molar-refractivity contribution in [2.45, 2.75) is 31.5 Å². The zero-order valence-electron chi connectivity index (χ0n) is 21.2. The highest BCUT2D eigenvalue weighted by Gasteiger charge is 2.31. The first-order valence-corrected chi connectivity index (χ1v) is 12.4. The summed E-state index contributed by atoms with van der Waals surface area (Å²) in [6, 6.07) is 26.3. The van der Waals surface area contributed by atoms with Gasteiger partial charge in [0, 0.05) is 32.9 Å². The van der Waals surface area contributed by atoms with E-state index in [4.69, 9.17) is 0 Å². The Hall–Kier alpha value is -4.01. The molecule has 3 aromatic carbocycles. The Labute approximate surface area is 217 Å². The second kappa shape index (κ2) is 12.3. The van der Waals surface area contributed by atoms with Crippen molar-refractivity contribution in [2.24, 2.45) is 5.10 Å². The highest BCUT2D eigenvalue weighted by molar-refractivity contribution is 6.44. The number of anilines is 2. The van der Waals surface area contributed by atoms with Crippen molar-refractivity contribution < 1.29 is 14.7 Å². The topological polar surface area (TPSA) is 97.3 Å². The molecule has 0 fully saturated rings. The maximum absolute atomic E-state index is 13.1. The van der Waals surface area contributed by atoms with Gasteiger partial charge in [-0.2, -0.15) is 10.1 Å². The number of aliphatic hydroxyl groups excluding tert-OH is 1. The van der Waals surface area contributed by atoms with Gasteiger partial charge in [0.25, 0.3) is 11.8 Å². The average molecular weight is 500 g/mol. The first-order chi connectivity index (χ1) is 17.9. The second-order valence-corrected chi connectivity index (χ2v) is 9.30. The Balaban J connectivity index is 1.42. The zero-order chi connectivity index (χ0) is 26.2. The van der Waals surface area contributed by atoms with E-state index in [2.05, 4.69) is 21.8 Å². The number of carbonyl (C=O) groups is 2. The van der Waals surface area contributed by atoms with E-state index < -0.39 is 18.1 Å². The number of rotatable bonds is 11. The third-order valence-electron chi connectivity index (χ3n) is 6.23. The molecule has 1 heterocycles. The summed E-state index contributed by atoms with van der Waals surface area (Å²) >= 11 is 0. The van der Waals surface area contributed by atoms with E-state index in [0.717, 1.165) is 16.8 Å². The number of nitrogens with zero attached hydrogens (tertiary/aromatic N) is 3. The molecule has 1 aliphatic heterocycles. The minimum Gasteiger partial charge on any atom is -0.390 e. The van der Waals surface area contributed by atoms with Crippen LogP contribution >= 0.6 is 0 Å². The Kier molecular flexibility index (Phi) is 8.66. The number of para-hydroxylation sites is 1. The SMILES string of the molecule is CN(C)c1cccc(CNC[C@@H](O)[C@H](Cc2ccccc2)NC(=O)C2=NN(c3ccccc3)C(=O)C2)c1. The summed E-state index contributed by atoms with van der Waals surface area (Å²) in [5.41, 5.74) is 3.93. The highest BCUT2D eigenvalue weighted by Crippen LogP contribution is 2.20. The second-order valence-electron chi connectivity index (χ2n) is 9.30. The summed E-state index contributed by atoms with van der Waals surface area (Å²) in [5, 5.41) is 22.8. The summed E-state index contributed by atoms with van der Waals surface area (Å²) in [6.07, 6.45) is -0.506. The fourth-order valence-electron chi connectivity index (χ4n) is 4.18. The van der Waals surface area contributed by atoms with E-state index in [1.807, 2.05) is 85.7 Å². The molecule has 0 radical (unpaired) electrons. The molecule has 1 aliphatic rings. The molecule has 192 valence electrons. The van der Waals surface area contributed by atoms with Crippen LogP contribution in [0.1, 0.15) is 17.5 Å². The van der Waals surface area contributed by atoms with E-state index in [1.165, 1.54) is 5.01 Å². The molecule has 0 saturated carbocycles. The Morgan fingerprint density at radius 2 is 1.68 bits per heavy atom. The van der Waals surface area contributed by atoms with Gasteiger partial charge in [0.2, 0.25) is 0 Å². The van der Waals surface area contributed by atoms with Gasteiger partial charge in [-0.15, -0.1) is 0 Å². The third-order valence-corrected chi connectivity index (χ3v) is 6.23. The number of hydrogen-bond acceptors (Lipinski definition) is 6. The quantitative estimate of drug-likeness (QED) is 0.377. The number of amides is 2. The monoisotopic (exact) mass is 499 g/mol. The molecule has 8 nitrogen and oxygen atoms in total. The first kappa shape index (κ1) is 26.1. The molecule has 4 rings (SSSR count). The van der Waals surface area contributed by atoms with Crippen LogP contribution < -0.4 is 20.5 Å². The predicted octanol–water partition coefficient (Wildman–Crippen LogP) is 2.72. The fraction of sp³-hybridized carbons (Fsp3) is 0.276. The molecule has 0 spiro atoms. The van der Waals surface area contributed by atoms with Gasteiger partial charge in [-0.25, -0.2) is 0 Å². The standard InChI is InChI=1S/C29H33N5O3/c1-33(2)24-15-9-12-22(16-24)19-30-20-27(35)25(17-21-10-5-3-6-11-21)31-29(37)26-18-28(36)34(32-26)23-13-7-4-8-14-23/h3-16,25,27,30,35H,17-20H2,1-2H3,(H,31,37)/t25-,27+/m0/s1. The van der Waals surface area contributed by atoms with Gasteiger partial charge >= 0.3 is 0 Å². The number of nitrogens with one attached hydrogen (secondary N) is 2. The lowest BCUT2D eigenvalue weighted by Crippen LogP contribution is -2.50. The zero-order valence-corrected chi connectivity index (χ0v) is 21.2. The highest BCUT2D eigenvalue weighted by atomic mass is 16.3. The van der Waals surface area contributed by atoms with Crippen LogP contribution in [0.4, 0.5) is 11.4 Å². The molecule has 0 aliphatic carbocycles. The van der Waals surface area contributed by atoms with Crippen molar-refractivity contribution >= 4 is 28.9 Å². The number of hydrazone groups is 1. The molecule has 8 heteroatoms. The fourth-order valence-corrected chi connectivity index (χ4v) is 4.18. The molecule has 0 saturated heterocycles. The molecule has 0 aromatic heterocycles. The van der Waals surface area contributed by atoms with Crippen molar-refractivity contribution in [3.8, 4) is 0 Å². The lowest BCUT2D eigenvalue weighted by Gasteiger charge is -2.25. The minimum absolute atomic E-state index is 0.0880. The largest absolute Gasteiger partial charge is 0.390 e. The van der Waals surface area contributed by atoms with Gasteiger partial charge in [-0.1, -0.05) is 60.7 Å². The van der Waals surface area contributed by atoms with E-state index in [0.29, 0.717) is 18.7 Å². The normalized spacial score (nSPS) is 14.7. The Morgan fingerprint density at radius 3 is 2.38 bits per heavy atom. The summed E-state index contributed by atoms with van der Waals surface area (Å²) in [4.78, 5) is 27.7. The number of hydrogen-bond donors (Lipinski definition) is 3. The van der Waals surface area contributed by atoms with Gasteiger partial charge in [0.15, 0.2) is 0 Å². The summed E-state index contributed by atoms with van der Waals surface area (Å²) < 4.78 is 0. The Bertz CT molecular complexity index is 1230. The molecule has 2 atom stereocenters. The first-order valence-electron chi connectivity index (χ1n) is 12.4. The van der Waals surface area contributed by atoms with Crippen molar-refractivity contribution in [3.05, 3.63) is 96.1 Å². The van der Waals surface area contributed by atoms with Gasteiger partial charge in [0.05, 0.1) is 24.3 Å². The van der Waals surface area contributed by atoms with E-state index >= 15 is 0 Å². The predicted molar refractivity (Wildman–Crippen MR) is 147 cm³/mol. The van der Waals surface area contributed by atoms with Crippen LogP contribution in [0.15, 0.2) is 90.0 Å².